The highest BCUT2D eigenvalue weighted by Gasteiger charge is 2.37. The highest BCUT2D eigenvalue weighted by molar-refractivity contribution is 7.92. The second-order valence-electron chi connectivity index (χ2n) is 4.84. The van der Waals surface area contributed by atoms with Crippen LogP contribution in [0.25, 0.3) is 0 Å². The first-order chi connectivity index (χ1) is 11.4. The van der Waals surface area contributed by atoms with E-state index in [9.17, 15) is 23.3 Å². The lowest BCUT2D eigenvalue weighted by Gasteiger charge is -2.16. The SMILES string of the molecule is CCOC(=O)C(c1ccc([N+](=O)[O-])cc1)S(=O)(=O)c1ccccc1. The number of carbonyl (C=O) groups excluding carboxylic acids is 1. The Kier molecular flexibility index (Phi) is 5.30. The monoisotopic (exact) mass is 349 g/mol. The molecule has 0 N–H and O–H groups in total. The molecule has 1 unspecified atom stereocenters. The zero-order valence-electron chi connectivity index (χ0n) is 12.8. The van der Waals surface area contributed by atoms with Crippen molar-refractivity contribution in [3.8, 4) is 0 Å². The van der Waals surface area contributed by atoms with Crippen LogP contribution in [-0.4, -0.2) is 25.9 Å². The normalized spacial score (nSPS) is 12.4. The number of sulfone groups is 1. The molecule has 0 heterocycles. The van der Waals surface area contributed by atoms with Gasteiger partial charge in [-0.15, -0.1) is 0 Å². The van der Waals surface area contributed by atoms with Crippen LogP contribution in [0, 0.1) is 10.1 Å². The van der Waals surface area contributed by atoms with Crippen LogP contribution >= 0.6 is 0 Å². The molecule has 0 saturated carbocycles. The van der Waals surface area contributed by atoms with Crippen LogP contribution in [0.3, 0.4) is 0 Å². The maximum absolute atomic E-state index is 12.8. The predicted octanol–water partition coefficient (Wildman–Crippen LogP) is 2.67. The number of nitro benzene ring substituents is 1. The predicted molar refractivity (Wildman–Crippen MR) is 86.1 cm³/mol. The topological polar surface area (TPSA) is 104 Å². The molecule has 1 atom stereocenters. The highest BCUT2D eigenvalue weighted by atomic mass is 32.2. The van der Waals surface area contributed by atoms with Crippen LogP contribution in [0.1, 0.15) is 17.7 Å². The van der Waals surface area contributed by atoms with Gasteiger partial charge >= 0.3 is 5.97 Å². The van der Waals surface area contributed by atoms with E-state index >= 15 is 0 Å². The third-order valence-corrected chi connectivity index (χ3v) is 5.30. The number of hydrogen-bond acceptors (Lipinski definition) is 6. The zero-order valence-corrected chi connectivity index (χ0v) is 13.6. The van der Waals surface area contributed by atoms with Crippen molar-refractivity contribution in [2.75, 3.05) is 6.61 Å². The maximum atomic E-state index is 12.8. The third-order valence-electron chi connectivity index (χ3n) is 3.29. The molecule has 7 nitrogen and oxygen atoms in total. The van der Waals surface area contributed by atoms with Gasteiger partial charge in [0.2, 0.25) is 0 Å². The lowest BCUT2D eigenvalue weighted by atomic mass is 10.1. The molecule has 2 aromatic rings. The molecule has 8 heteroatoms. The number of hydrogen-bond donors (Lipinski definition) is 0. The number of nitrogens with zero attached hydrogens (tertiary/aromatic N) is 1. The van der Waals surface area contributed by atoms with Crippen molar-refractivity contribution < 1.29 is 22.9 Å². The Morgan fingerprint density at radius 1 is 1.12 bits per heavy atom. The molecule has 0 bridgehead atoms. The molecule has 0 saturated heterocycles. The summed E-state index contributed by atoms with van der Waals surface area (Å²) in [6, 6.07) is 12.3. The number of carbonyl (C=O) groups is 1. The van der Waals surface area contributed by atoms with Crippen LogP contribution in [0.5, 0.6) is 0 Å². The van der Waals surface area contributed by atoms with Crippen LogP contribution in [0.15, 0.2) is 59.5 Å². The van der Waals surface area contributed by atoms with E-state index in [0.29, 0.717) is 0 Å². The lowest BCUT2D eigenvalue weighted by Crippen LogP contribution is -2.24. The largest absolute Gasteiger partial charge is 0.465 e. The summed E-state index contributed by atoms with van der Waals surface area (Å²) in [4.78, 5) is 22.4. The molecule has 0 radical (unpaired) electrons. The smallest absolute Gasteiger partial charge is 0.329 e. The van der Waals surface area contributed by atoms with Crippen molar-refractivity contribution in [2.45, 2.75) is 17.1 Å². The van der Waals surface area contributed by atoms with Crippen molar-refractivity contribution in [3.63, 3.8) is 0 Å². The Labute approximate surface area is 139 Å². The summed E-state index contributed by atoms with van der Waals surface area (Å²) in [6.07, 6.45) is 0. The van der Waals surface area contributed by atoms with Crippen molar-refractivity contribution >= 4 is 21.5 Å². The van der Waals surface area contributed by atoms with Gasteiger partial charge in [0.25, 0.3) is 5.69 Å². The van der Waals surface area contributed by atoms with E-state index in [2.05, 4.69) is 0 Å². The van der Waals surface area contributed by atoms with Gasteiger partial charge in [0, 0.05) is 12.1 Å². The van der Waals surface area contributed by atoms with Crippen LogP contribution in [-0.2, 0) is 19.4 Å². The fraction of sp³-hybridized carbons (Fsp3) is 0.188. The summed E-state index contributed by atoms with van der Waals surface area (Å²) in [5.74, 6) is -0.921. The van der Waals surface area contributed by atoms with Gasteiger partial charge in [0.05, 0.1) is 16.4 Å². The fourth-order valence-corrected chi connectivity index (χ4v) is 3.82. The van der Waals surface area contributed by atoms with E-state index in [4.69, 9.17) is 4.74 Å². The Bertz CT molecular complexity index is 831. The van der Waals surface area contributed by atoms with Gasteiger partial charge in [-0.2, -0.15) is 0 Å². The lowest BCUT2D eigenvalue weighted by molar-refractivity contribution is -0.384. The minimum Gasteiger partial charge on any atom is -0.465 e. The number of benzene rings is 2. The molecule has 2 aromatic carbocycles. The third kappa shape index (κ3) is 3.60. The van der Waals surface area contributed by atoms with Gasteiger partial charge in [-0.1, -0.05) is 30.3 Å². The Balaban J connectivity index is 2.53. The number of non-ortho nitro benzene ring substituents is 1. The summed E-state index contributed by atoms with van der Waals surface area (Å²) >= 11 is 0. The van der Waals surface area contributed by atoms with E-state index in [1.165, 1.54) is 24.3 Å². The van der Waals surface area contributed by atoms with Crippen molar-refractivity contribution in [1.29, 1.82) is 0 Å². The molecule has 0 aliphatic heterocycles. The second kappa shape index (κ2) is 7.22. The van der Waals surface area contributed by atoms with Gasteiger partial charge in [0.15, 0.2) is 15.1 Å². The van der Waals surface area contributed by atoms with Crippen molar-refractivity contribution in [2.24, 2.45) is 0 Å². The van der Waals surface area contributed by atoms with Crippen molar-refractivity contribution in [1.82, 2.24) is 0 Å². The molecule has 0 aliphatic carbocycles. The van der Waals surface area contributed by atoms with E-state index in [1.54, 1.807) is 25.1 Å². The second-order valence-corrected chi connectivity index (χ2v) is 6.87. The van der Waals surface area contributed by atoms with E-state index < -0.39 is 26.0 Å². The summed E-state index contributed by atoms with van der Waals surface area (Å²) in [5, 5.41) is 9.15. The minimum atomic E-state index is -4.05. The first-order valence-electron chi connectivity index (χ1n) is 7.08. The Morgan fingerprint density at radius 3 is 2.21 bits per heavy atom. The summed E-state index contributed by atoms with van der Waals surface area (Å²) < 4.78 is 30.6. The zero-order chi connectivity index (χ0) is 17.7. The Morgan fingerprint density at radius 2 is 1.71 bits per heavy atom. The Hall–Kier alpha value is -2.74. The average Bonchev–Trinajstić information content (AvgIpc) is 2.56. The summed E-state index contributed by atoms with van der Waals surface area (Å²) in [6.45, 7) is 1.59. The summed E-state index contributed by atoms with van der Waals surface area (Å²) in [5.41, 5.74) is -0.0821. The van der Waals surface area contributed by atoms with Crippen LogP contribution in [0.2, 0.25) is 0 Å². The molecular weight excluding hydrogens is 334 g/mol. The minimum absolute atomic E-state index is 0.0205. The first kappa shape index (κ1) is 17.6. The molecule has 126 valence electrons. The molecule has 0 aromatic heterocycles. The van der Waals surface area contributed by atoms with E-state index in [-0.39, 0.29) is 22.8 Å². The number of rotatable bonds is 6. The molecule has 0 amide bonds. The molecule has 2 rings (SSSR count). The average molecular weight is 349 g/mol. The standard InChI is InChI=1S/C16H15NO6S/c1-2-23-16(18)15(12-8-10-13(11-9-12)17(19)20)24(21,22)14-6-4-3-5-7-14/h3-11,15H,2H2,1H3. The van der Waals surface area contributed by atoms with Gasteiger partial charge in [-0.3, -0.25) is 14.9 Å². The van der Waals surface area contributed by atoms with Gasteiger partial charge < -0.3 is 4.74 Å². The van der Waals surface area contributed by atoms with E-state index in [1.807, 2.05) is 0 Å². The molecule has 24 heavy (non-hydrogen) atoms. The van der Waals surface area contributed by atoms with Crippen LogP contribution in [0.4, 0.5) is 5.69 Å². The van der Waals surface area contributed by atoms with Crippen LogP contribution < -0.4 is 0 Å². The quantitative estimate of drug-likeness (QED) is 0.451. The molecule has 0 fully saturated rings. The molecular formula is C16H15NO6S. The van der Waals surface area contributed by atoms with Crippen molar-refractivity contribution in [3.05, 3.63) is 70.3 Å². The molecule has 0 aliphatic rings. The van der Waals surface area contributed by atoms with Gasteiger partial charge in [-0.25, -0.2) is 8.42 Å². The van der Waals surface area contributed by atoms with E-state index in [0.717, 1.165) is 12.1 Å². The molecule has 0 spiro atoms. The summed E-state index contributed by atoms with van der Waals surface area (Å²) in [7, 11) is -4.05. The first-order valence-corrected chi connectivity index (χ1v) is 8.62. The van der Waals surface area contributed by atoms with Gasteiger partial charge in [0.1, 0.15) is 0 Å². The fourth-order valence-electron chi connectivity index (χ4n) is 2.18. The number of nitro groups is 1. The maximum Gasteiger partial charge on any atom is 0.329 e. The number of ether oxygens (including phenoxy) is 1. The highest BCUT2D eigenvalue weighted by Crippen LogP contribution is 2.31. The number of esters is 1. The van der Waals surface area contributed by atoms with Gasteiger partial charge in [-0.05, 0) is 24.6 Å².